The summed E-state index contributed by atoms with van der Waals surface area (Å²) in [6.07, 6.45) is 10.4. The SMILES string of the molecule is CN1C=CN(Cn2cc[n+](C)c2)C1. The van der Waals surface area contributed by atoms with Crippen molar-refractivity contribution >= 4 is 0 Å². The fraction of sp³-hybridized carbons (Fsp3) is 0.444. The molecule has 4 heteroatoms. The first kappa shape index (κ1) is 8.16. The summed E-state index contributed by atoms with van der Waals surface area (Å²) in [4.78, 5) is 4.41. The minimum Gasteiger partial charge on any atom is -0.361 e. The van der Waals surface area contributed by atoms with Crippen molar-refractivity contribution in [1.29, 1.82) is 0 Å². The van der Waals surface area contributed by atoms with Gasteiger partial charge in [0.1, 0.15) is 12.4 Å². The van der Waals surface area contributed by atoms with Gasteiger partial charge in [-0.1, -0.05) is 0 Å². The van der Waals surface area contributed by atoms with Crippen LogP contribution in [0.5, 0.6) is 0 Å². The molecule has 4 nitrogen and oxygen atoms in total. The number of hydrogen-bond donors (Lipinski definition) is 0. The van der Waals surface area contributed by atoms with Gasteiger partial charge in [-0.25, -0.2) is 9.13 Å². The average Bonchev–Trinajstić information content (AvgIpc) is 2.62. The summed E-state index contributed by atoms with van der Waals surface area (Å²) in [6, 6.07) is 0. The van der Waals surface area contributed by atoms with Gasteiger partial charge in [-0.2, -0.15) is 0 Å². The molecule has 0 bridgehead atoms. The number of imidazole rings is 1. The van der Waals surface area contributed by atoms with Gasteiger partial charge in [0.15, 0.2) is 6.67 Å². The quantitative estimate of drug-likeness (QED) is 0.591. The summed E-state index contributed by atoms with van der Waals surface area (Å²) >= 11 is 0. The molecule has 0 atom stereocenters. The minimum absolute atomic E-state index is 0.918. The van der Waals surface area contributed by atoms with Crippen LogP contribution in [0.2, 0.25) is 0 Å². The number of aromatic nitrogens is 2. The van der Waals surface area contributed by atoms with Crippen molar-refractivity contribution in [1.82, 2.24) is 14.4 Å². The average molecular weight is 179 g/mol. The van der Waals surface area contributed by atoms with Crippen molar-refractivity contribution < 1.29 is 4.57 Å². The molecule has 0 spiro atoms. The minimum atomic E-state index is 0.918. The third kappa shape index (κ3) is 1.83. The van der Waals surface area contributed by atoms with Crippen molar-refractivity contribution in [2.24, 2.45) is 7.05 Å². The van der Waals surface area contributed by atoms with Crippen LogP contribution in [0.25, 0.3) is 0 Å². The highest BCUT2D eigenvalue weighted by Crippen LogP contribution is 2.04. The normalized spacial score (nSPS) is 15.8. The van der Waals surface area contributed by atoms with E-state index < -0.39 is 0 Å². The number of nitrogens with zero attached hydrogens (tertiary/aromatic N) is 4. The second kappa shape index (κ2) is 3.12. The molecule has 0 saturated carbocycles. The van der Waals surface area contributed by atoms with E-state index in [2.05, 4.69) is 46.3 Å². The maximum absolute atomic E-state index is 2.25. The Morgan fingerprint density at radius 3 is 2.77 bits per heavy atom. The molecular weight excluding hydrogens is 164 g/mol. The maximum atomic E-state index is 2.25. The van der Waals surface area contributed by atoms with Crippen molar-refractivity contribution in [2.45, 2.75) is 6.67 Å². The Balaban J connectivity index is 1.96. The molecule has 0 unspecified atom stereocenters. The van der Waals surface area contributed by atoms with Gasteiger partial charge < -0.3 is 9.80 Å². The lowest BCUT2D eigenvalue weighted by atomic mass is 10.7. The predicted octanol–water partition coefficient (Wildman–Crippen LogP) is -0.0538. The molecule has 1 aromatic rings. The molecule has 0 radical (unpaired) electrons. The Morgan fingerprint density at radius 1 is 1.38 bits per heavy atom. The van der Waals surface area contributed by atoms with Gasteiger partial charge in [0.2, 0.25) is 6.33 Å². The summed E-state index contributed by atoms with van der Waals surface area (Å²) < 4.78 is 4.20. The second-order valence-corrected chi connectivity index (χ2v) is 3.52. The van der Waals surface area contributed by atoms with Crippen LogP contribution in [0.4, 0.5) is 0 Å². The first-order chi connectivity index (χ1) is 6.24. The number of hydrogen-bond acceptors (Lipinski definition) is 2. The molecule has 0 N–H and O–H groups in total. The molecule has 2 rings (SSSR count). The second-order valence-electron chi connectivity index (χ2n) is 3.52. The van der Waals surface area contributed by atoms with E-state index in [0.29, 0.717) is 0 Å². The Bertz CT molecular complexity index is 315. The molecule has 0 amide bonds. The van der Waals surface area contributed by atoms with Gasteiger partial charge in [0.05, 0.1) is 13.7 Å². The third-order valence-electron chi connectivity index (χ3n) is 2.11. The van der Waals surface area contributed by atoms with Crippen LogP contribution in [0.1, 0.15) is 0 Å². The van der Waals surface area contributed by atoms with Crippen LogP contribution in [-0.2, 0) is 13.7 Å². The van der Waals surface area contributed by atoms with Crippen LogP contribution in [-0.4, -0.2) is 28.1 Å². The standard InChI is InChI=1S/C9H15N4/c1-10-3-5-12(7-10)9-13-6-4-11(2)8-13/h3-7H,8-9H2,1-2H3/q+1. The van der Waals surface area contributed by atoms with E-state index in [4.69, 9.17) is 0 Å². The molecule has 0 aromatic carbocycles. The van der Waals surface area contributed by atoms with E-state index in [1.165, 1.54) is 0 Å². The highest BCUT2D eigenvalue weighted by atomic mass is 15.4. The molecule has 1 aromatic heterocycles. The predicted molar refractivity (Wildman–Crippen MR) is 49.2 cm³/mol. The molecule has 70 valence electrons. The van der Waals surface area contributed by atoms with Gasteiger partial charge in [-0.15, -0.1) is 0 Å². The summed E-state index contributed by atoms with van der Waals surface area (Å²) in [5.74, 6) is 0. The molecular formula is C9H15N4+. The third-order valence-corrected chi connectivity index (χ3v) is 2.11. The largest absolute Gasteiger partial charge is 0.361 e. The van der Waals surface area contributed by atoms with Gasteiger partial charge in [0, 0.05) is 19.4 Å². The number of aryl methyl sites for hydroxylation is 1. The number of rotatable bonds is 2. The molecule has 0 aliphatic carbocycles. The highest BCUT2D eigenvalue weighted by molar-refractivity contribution is 4.87. The molecule has 13 heavy (non-hydrogen) atoms. The van der Waals surface area contributed by atoms with Crippen molar-refractivity contribution in [3.05, 3.63) is 31.1 Å². The molecule has 1 aliphatic rings. The maximum Gasteiger partial charge on any atom is 0.245 e. The lowest BCUT2D eigenvalue weighted by molar-refractivity contribution is -0.671. The van der Waals surface area contributed by atoms with E-state index in [9.17, 15) is 0 Å². The molecule has 0 saturated heterocycles. The first-order valence-electron chi connectivity index (χ1n) is 4.38. The molecule has 1 aliphatic heterocycles. The van der Waals surface area contributed by atoms with E-state index in [0.717, 1.165) is 13.3 Å². The van der Waals surface area contributed by atoms with Crippen LogP contribution in [0.3, 0.4) is 0 Å². The summed E-state index contributed by atoms with van der Waals surface area (Å²) in [5.41, 5.74) is 0. The van der Waals surface area contributed by atoms with E-state index in [1.807, 2.05) is 17.8 Å². The zero-order chi connectivity index (χ0) is 9.26. The zero-order valence-electron chi connectivity index (χ0n) is 8.09. The molecule has 2 heterocycles. The Kier molecular flexibility index (Phi) is 1.96. The van der Waals surface area contributed by atoms with Crippen molar-refractivity contribution in [3.63, 3.8) is 0 Å². The van der Waals surface area contributed by atoms with Crippen LogP contribution in [0, 0.1) is 0 Å². The Hall–Kier alpha value is -1.45. The first-order valence-corrected chi connectivity index (χ1v) is 4.38. The van der Waals surface area contributed by atoms with Crippen LogP contribution in [0.15, 0.2) is 31.1 Å². The Labute approximate surface area is 78.3 Å². The van der Waals surface area contributed by atoms with Gasteiger partial charge in [0.25, 0.3) is 0 Å². The van der Waals surface area contributed by atoms with Crippen LogP contribution >= 0.6 is 0 Å². The topological polar surface area (TPSA) is 15.3 Å². The highest BCUT2D eigenvalue weighted by Gasteiger charge is 2.10. The van der Waals surface area contributed by atoms with E-state index in [-0.39, 0.29) is 0 Å². The van der Waals surface area contributed by atoms with Crippen LogP contribution < -0.4 is 4.57 Å². The summed E-state index contributed by atoms with van der Waals surface area (Å²) in [6.45, 7) is 1.89. The fourth-order valence-electron chi connectivity index (χ4n) is 1.48. The summed E-state index contributed by atoms with van der Waals surface area (Å²) in [5, 5.41) is 0. The van der Waals surface area contributed by atoms with Gasteiger partial charge >= 0.3 is 0 Å². The smallest absolute Gasteiger partial charge is 0.245 e. The van der Waals surface area contributed by atoms with Crippen molar-refractivity contribution in [3.8, 4) is 0 Å². The monoisotopic (exact) mass is 179 g/mol. The van der Waals surface area contributed by atoms with Gasteiger partial charge in [-0.05, 0) is 0 Å². The molecule has 0 fully saturated rings. The van der Waals surface area contributed by atoms with Gasteiger partial charge in [-0.3, -0.25) is 0 Å². The lowest BCUT2D eigenvalue weighted by Gasteiger charge is -2.15. The Morgan fingerprint density at radius 2 is 2.23 bits per heavy atom. The zero-order valence-corrected chi connectivity index (χ0v) is 8.09. The van der Waals surface area contributed by atoms with E-state index in [1.54, 1.807) is 0 Å². The fourth-order valence-corrected chi connectivity index (χ4v) is 1.48. The van der Waals surface area contributed by atoms with Crippen molar-refractivity contribution in [2.75, 3.05) is 13.7 Å². The summed E-state index contributed by atoms with van der Waals surface area (Å²) in [7, 11) is 4.11. The van der Waals surface area contributed by atoms with E-state index >= 15 is 0 Å². The lowest BCUT2D eigenvalue weighted by Crippen LogP contribution is -2.27.